The number of hydrogen-bond donors (Lipinski definition) is 0. The first-order chi connectivity index (χ1) is 15.6. The van der Waals surface area contributed by atoms with Crippen LogP contribution in [-0.2, 0) is 25.0 Å². The van der Waals surface area contributed by atoms with Crippen LogP contribution in [0.3, 0.4) is 0 Å². The van der Waals surface area contributed by atoms with E-state index in [1.807, 2.05) is 41.8 Å². The van der Waals surface area contributed by atoms with Gasteiger partial charge in [0.05, 0.1) is 11.1 Å². The Morgan fingerprint density at radius 2 is 1.88 bits per heavy atom. The molecule has 32 heavy (non-hydrogen) atoms. The number of hydrogen-bond acceptors (Lipinski definition) is 7. The van der Waals surface area contributed by atoms with Crippen molar-refractivity contribution >= 4 is 33.3 Å². The van der Waals surface area contributed by atoms with E-state index in [4.69, 9.17) is 9.47 Å². The molecule has 0 spiro atoms. The molecule has 2 aromatic carbocycles. The van der Waals surface area contributed by atoms with E-state index < -0.39 is 5.97 Å². The van der Waals surface area contributed by atoms with E-state index in [2.05, 4.69) is 10.2 Å². The van der Waals surface area contributed by atoms with Crippen LogP contribution in [0.1, 0.15) is 21.7 Å². The first kappa shape index (κ1) is 20.0. The first-order valence-corrected chi connectivity index (χ1v) is 10.7. The Kier molecular flexibility index (Phi) is 5.16. The molecule has 3 aromatic heterocycles. The molecule has 0 unspecified atom stereocenters. The molecule has 0 fully saturated rings. The smallest absolute Gasteiger partial charge is 0.338 e. The van der Waals surface area contributed by atoms with Gasteiger partial charge in [-0.25, -0.2) is 4.79 Å². The summed E-state index contributed by atoms with van der Waals surface area (Å²) >= 11 is 1.35. The quantitative estimate of drug-likeness (QED) is 0.371. The Labute approximate surface area is 186 Å². The van der Waals surface area contributed by atoms with E-state index in [9.17, 15) is 9.59 Å². The van der Waals surface area contributed by atoms with Gasteiger partial charge in [0.15, 0.2) is 12.4 Å². The van der Waals surface area contributed by atoms with Crippen molar-refractivity contribution in [1.82, 2.24) is 19.2 Å². The van der Waals surface area contributed by atoms with E-state index in [1.54, 1.807) is 35.7 Å². The highest BCUT2D eigenvalue weighted by atomic mass is 32.1. The van der Waals surface area contributed by atoms with Crippen LogP contribution in [0.5, 0.6) is 5.75 Å². The zero-order chi connectivity index (χ0) is 22.1. The molecule has 0 aliphatic carbocycles. The minimum Gasteiger partial charge on any atom is -0.489 e. The van der Waals surface area contributed by atoms with Gasteiger partial charge >= 0.3 is 5.97 Å². The number of benzene rings is 2. The van der Waals surface area contributed by atoms with Crippen molar-refractivity contribution in [2.75, 3.05) is 0 Å². The number of esters is 1. The minimum absolute atomic E-state index is 0.0851. The lowest BCUT2D eigenvalue weighted by atomic mass is 10.2. The second-order valence-corrected chi connectivity index (χ2v) is 8.05. The van der Waals surface area contributed by atoms with Crippen molar-refractivity contribution in [3.8, 4) is 5.75 Å². The molecule has 0 N–H and O–H groups in total. The molecular formula is C23H18N4O4S. The molecule has 5 rings (SSSR count). The van der Waals surface area contributed by atoms with Gasteiger partial charge in [-0.1, -0.05) is 36.4 Å². The zero-order valence-corrected chi connectivity index (χ0v) is 17.9. The van der Waals surface area contributed by atoms with Gasteiger partial charge in [-0.15, -0.1) is 21.5 Å². The van der Waals surface area contributed by atoms with E-state index in [1.165, 1.54) is 15.9 Å². The number of carbonyl (C=O) groups excluding carboxylic acids is 1. The highest BCUT2D eigenvalue weighted by molar-refractivity contribution is 7.17. The fourth-order valence-corrected chi connectivity index (χ4v) is 4.26. The van der Waals surface area contributed by atoms with Crippen LogP contribution >= 0.6 is 11.3 Å². The summed E-state index contributed by atoms with van der Waals surface area (Å²) in [7, 11) is 1.64. The highest BCUT2D eigenvalue weighted by Crippen LogP contribution is 2.20. The Hall–Kier alpha value is -3.98. The molecule has 160 valence electrons. The molecule has 0 atom stereocenters. The van der Waals surface area contributed by atoms with Gasteiger partial charge in [-0.05, 0) is 35.2 Å². The van der Waals surface area contributed by atoms with Gasteiger partial charge in [0.2, 0.25) is 5.78 Å². The van der Waals surface area contributed by atoms with Crippen LogP contribution in [0.4, 0.5) is 0 Å². The topological polar surface area (TPSA) is 87.7 Å². The second-order valence-electron chi connectivity index (χ2n) is 7.13. The number of ether oxygens (including phenoxy) is 2. The number of carbonyl (C=O) groups is 1. The van der Waals surface area contributed by atoms with E-state index in [0.29, 0.717) is 39.7 Å². The average molecular weight is 446 g/mol. The third kappa shape index (κ3) is 3.63. The lowest BCUT2D eigenvalue weighted by Crippen LogP contribution is -2.19. The molecule has 0 saturated carbocycles. The second kappa shape index (κ2) is 8.27. The maximum atomic E-state index is 12.6. The largest absolute Gasteiger partial charge is 0.489 e. The number of aryl methyl sites for hydroxylation is 1. The molecule has 0 radical (unpaired) electrons. The van der Waals surface area contributed by atoms with Crippen LogP contribution in [0.25, 0.3) is 16.0 Å². The van der Waals surface area contributed by atoms with Gasteiger partial charge in [-0.3, -0.25) is 13.8 Å². The summed E-state index contributed by atoms with van der Waals surface area (Å²) in [6.07, 6.45) is 0. The molecule has 3 heterocycles. The predicted octanol–water partition coefficient (Wildman–Crippen LogP) is 3.58. The molecule has 0 bridgehead atoms. The maximum absolute atomic E-state index is 12.6. The van der Waals surface area contributed by atoms with Crippen molar-refractivity contribution in [2.45, 2.75) is 13.2 Å². The number of rotatable bonds is 6. The Morgan fingerprint density at radius 3 is 2.72 bits per heavy atom. The highest BCUT2D eigenvalue weighted by Gasteiger charge is 2.17. The van der Waals surface area contributed by atoms with Crippen LogP contribution in [0, 0.1) is 0 Å². The van der Waals surface area contributed by atoms with Crippen molar-refractivity contribution in [3.63, 3.8) is 0 Å². The molecular weight excluding hydrogens is 428 g/mol. The van der Waals surface area contributed by atoms with Crippen molar-refractivity contribution in [2.24, 2.45) is 7.05 Å². The SMILES string of the molecule is Cn1c(=O)c2sccc2n2c(COC(=O)c3cccc(OCc4ccccc4)c3)nnc12. The van der Waals surface area contributed by atoms with Crippen molar-refractivity contribution < 1.29 is 14.3 Å². The summed E-state index contributed by atoms with van der Waals surface area (Å²) in [6.45, 7) is 0.318. The summed E-state index contributed by atoms with van der Waals surface area (Å²) in [5, 5.41) is 10.1. The minimum atomic E-state index is -0.502. The number of fused-ring (bicyclic) bond motifs is 3. The van der Waals surface area contributed by atoms with Gasteiger partial charge < -0.3 is 9.47 Å². The molecule has 0 aliphatic rings. The molecule has 0 aliphatic heterocycles. The normalized spacial score (nSPS) is 11.2. The van der Waals surface area contributed by atoms with Crippen LogP contribution in [0.15, 0.2) is 70.8 Å². The first-order valence-electron chi connectivity index (χ1n) is 9.86. The Balaban J connectivity index is 1.33. The van der Waals surface area contributed by atoms with Crippen LogP contribution < -0.4 is 10.3 Å². The third-order valence-electron chi connectivity index (χ3n) is 5.05. The summed E-state index contributed by atoms with van der Waals surface area (Å²) in [5.74, 6) is 0.900. The monoisotopic (exact) mass is 446 g/mol. The average Bonchev–Trinajstić information content (AvgIpc) is 3.48. The van der Waals surface area contributed by atoms with Crippen LogP contribution in [0.2, 0.25) is 0 Å². The molecule has 9 heteroatoms. The standard InChI is InChI=1S/C23H18N4O4S/c1-26-21(28)20-18(10-11-32-20)27-19(24-25-23(26)27)14-31-22(29)16-8-5-9-17(12-16)30-13-15-6-3-2-4-7-15/h2-12H,13-14H2,1H3. The van der Waals surface area contributed by atoms with Gasteiger partial charge in [0.25, 0.3) is 5.56 Å². The van der Waals surface area contributed by atoms with Crippen molar-refractivity contribution in [3.05, 3.63) is 93.3 Å². The summed E-state index contributed by atoms with van der Waals surface area (Å²) in [5.41, 5.74) is 1.97. The fraction of sp³-hybridized carbons (Fsp3) is 0.130. The molecule has 8 nitrogen and oxygen atoms in total. The number of thiophene rings is 1. The maximum Gasteiger partial charge on any atom is 0.338 e. The zero-order valence-electron chi connectivity index (χ0n) is 17.1. The van der Waals surface area contributed by atoms with Crippen LogP contribution in [-0.4, -0.2) is 25.1 Å². The summed E-state index contributed by atoms with van der Waals surface area (Å²) in [4.78, 5) is 25.1. The van der Waals surface area contributed by atoms with E-state index in [-0.39, 0.29) is 12.2 Å². The predicted molar refractivity (Wildman–Crippen MR) is 120 cm³/mol. The molecule has 5 aromatic rings. The van der Waals surface area contributed by atoms with Gasteiger partial charge in [0.1, 0.15) is 17.1 Å². The molecule has 0 amide bonds. The summed E-state index contributed by atoms with van der Waals surface area (Å²) in [6, 6.07) is 18.5. The Morgan fingerprint density at radius 1 is 1.03 bits per heavy atom. The number of nitrogens with zero attached hydrogens (tertiary/aromatic N) is 4. The van der Waals surface area contributed by atoms with E-state index >= 15 is 0 Å². The lowest BCUT2D eigenvalue weighted by molar-refractivity contribution is 0.0461. The summed E-state index contributed by atoms with van der Waals surface area (Å²) < 4.78 is 15.0. The van der Waals surface area contributed by atoms with E-state index in [0.717, 1.165) is 5.56 Å². The Bertz CT molecular complexity index is 1490. The lowest BCUT2D eigenvalue weighted by Gasteiger charge is -2.09. The van der Waals surface area contributed by atoms with Gasteiger partial charge in [0, 0.05) is 7.05 Å². The molecule has 0 saturated heterocycles. The van der Waals surface area contributed by atoms with Gasteiger partial charge in [-0.2, -0.15) is 0 Å². The number of aromatic nitrogens is 4. The fourth-order valence-electron chi connectivity index (χ4n) is 3.41. The van der Waals surface area contributed by atoms with Crippen molar-refractivity contribution in [1.29, 1.82) is 0 Å². The third-order valence-corrected chi connectivity index (χ3v) is 5.94.